The van der Waals surface area contributed by atoms with Gasteiger partial charge < -0.3 is 4.74 Å². The number of methoxy groups -OCH3 is 1. The summed E-state index contributed by atoms with van der Waals surface area (Å²) >= 11 is 0. The molecule has 3 heteroatoms. The summed E-state index contributed by atoms with van der Waals surface area (Å²) in [5.74, 6) is 1.10. The van der Waals surface area contributed by atoms with Crippen LogP contribution in [-0.2, 0) is 4.79 Å². The van der Waals surface area contributed by atoms with Crippen LogP contribution in [0.4, 0.5) is 0 Å². The molecule has 0 bridgehead atoms. The topological polar surface area (TPSA) is 29.5 Å². The molecule has 1 fully saturated rings. The van der Waals surface area contributed by atoms with E-state index in [1.54, 1.807) is 7.11 Å². The average Bonchev–Trinajstić information content (AvgIpc) is 2.59. The molecule has 1 heterocycles. The van der Waals surface area contributed by atoms with Crippen molar-refractivity contribution in [3.8, 4) is 5.75 Å². The number of carbonyl (C=O) groups excluding carboxylic acids is 1. The molecule has 0 N–H and O–H groups in total. The van der Waals surface area contributed by atoms with Gasteiger partial charge in [0.05, 0.1) is 13.2 Å². The number of nitrogens with zero attached hydrogens (tertiary/aromatic N) is 1. The molecule has 1 unspecified atom stereocenters. The third kappa shape index (κ3) is 1.88. The van der Waals surface area contributed by atoms with Crippen LogP contribution in [0.2, 0.25) is 0 Å². The van der Waals surface area contributed by atoms with Crippen LogP contribution in [0.25, 0.3) is 0 Å². The third-order valence-electron chi connectivity index (χ3n) is 2.87. The lowest BCUT2D eigenvalue weighted by Gasteiger charge is -2.18. The van der Waals surface area contributed by atoms with E-state index in [-0.39, 0.29) is 6.04 Å². The first-order valence-electron chi connectivity index (χ1n) is 5.09. The average molecular weight is 205 g/mol. The van der Waals surface area contributed by atoms with Crippen molar-refractivity contribution in [2.24, 2.45) is 0 Å². The molecule has 2 rings (SSSR count). The second-order valence-corrected chi connectivity index (χ2v) is 3.88. The first-order chi connectivity index (χ1) is 7.22. The Balaban J connectivity index is 2.31. The molecule has 0 radical (unpaired) electrons. The van der Waals surface area contributed by atoms with Crippen LogP contribution in [0.15, 0.2) is 24.3 Å². The Morgan fingerprint density at radius 1 is 1.47 bits per heavy atom. The molecule has 1 aromatic rings. The van der Waals surface area contributed by atoms with Gasteiger partial charge in [-0.15, -0.1) is 0 Å². The number of likely N-dealkylation sites (tertiary alicyclic amines) is 1. The maximum absolute atomic E-state index is 11.7. The molecule has 15 heavy (non-hydrogen) atoms. The highest BCUT2D eigenvalue weighted by Gasteiger charge is 2.30. The Hall–Kier alpha value is -1.35. The minimum atomic E-state index is -0.0832. The van der Waals surface area contributed by atoms with E-state index in [0.717, 1.165) is 17.9 Å². The maximum Gasteiger partial charge on any atom is 0.155 e. The molecular formula is C12H15NO2. The standard InChI is InChI=1S/C12H15NO2/c1-13-7-6-11(14)12(13)9-4-3-5-10(8-9)15-2/h3-5,8,12H,6-7H2,1-2H3. The third-order valence-corrected chi connectivity index (χ3v) is 2.87. The summed E-state index contributed by atoms with van der Waals surface area (Å²) in [6.45, 7) is 0.848. The van der Waals surface area contributed by atoms with Crippen molar-refractivity contribution >= 4 is 5.78 Å². The second kappa shape index (κ2) is 4.03. The zero-order chi connectivity index (χ0) is 10.8. The number of ketones is 1. The molecule has 1 aliphatic rings. The van der Waals surface area contributed by atoms with E-state index in [0.29, 0.717) is 12.2 Å². The Kier molecular flexibility index (Phi) is 2.73. The van der Waals surface area contributed by atoms with Crippen LogP contribution in [0.3, 0.4) is 0 Å². The van der Waals surface area contributed by atoms with Crippen molar-refractivity contribution in [1.29, 1.82) is 0 Å². The van der Waals surface area contributed by atoms with Crippen LogP contribution in [0.1, 0.15) is 18.0 Å². The highest BCUT2D eigenvalue weighted by molar-refractivity contribution is 5.87. The molecule has 1 aromatic carbocycles. The summed E-state index contributed by atoms with van der Waals surface area (Å²) in [7, 11) is 3.62. The van der Waals surface area contributed by atoms with Crippen molar-refractivity contribution in [3.05, 3.63) is 29.8 Å². The fourth-order valence-electron chi connectivity index (χ4n) is 2.05. The molecule has 80 valence electrons. The number of carbonyl (C=O) groups is 1. The minimum absolute atomic E-state index is 0.0832. The molecule has 1 atom stereocenters. The van der Waals surface area contributed by atoms with E-state index >= 15 is 0 Å². The number of ether oxygens (including phenoxy) is 1. The van der Waals surface area contributed by atoms with E-state index in [9.17, 15) is 4.79 Å². The summed E-state index contributed by atoms with van der Waals surface area (Å²) < 4.78 is 5.16. The van der Waals surface area contributed by atoms with Crippen LogP contribution in [-0.4, -0.2) is 31.4 Å². The van der Waals surface area contributed by atoms with E-state index in [1.807, 2.05) is 31.3 Å². The van der Waals surface area contributed by atoms with Crippen molar-refractivity contribution in [2.45, 2.75) is 12.5 Å². The minimum Gasteiger partial charge on any atom is -0.497 e. The van der Waals surface area contributed by atoms with Crippen molar-refractivity contribution in [1.82, 2.24) is 4.90 Å². The number of Topliss-reactive ketones (excluding diaryl/α,β-unsaturated/α-hetero) is 1. The summed E-state index contributed by atoms with van der Waals surface area (Å²) in [6.07, 6.45) is 0.651. The highest BCUT2D eigenvalue weighted by Crippen LogP contribution is 2.29. The van der Waals surface area contributed by atoms with Gasteiger partial charge in [-0.1, -0.05) is 12.1 Å². The predicted octanol–water partition coefficient (Wildman–Crippen LogP) is 1.64. The lowest BCUT2D eigenvalue weighted by molar-refractivity contribution is -0.119. The lowest BCUT2D eigenvalue weighted by atomic mass is 10.0. The van der Waals surface area contributed by atoms with Crippen molar-refractivity contribution in [2.75, 3.05) is 20.7 Å². The van der Waals surface area contributed by atoms with Crippen LogP contribution >= 0.6 is 0 Å². The SMILES string of the molecule is COc1cccc(C2C(=O)CCN2C)c1. The van der Waals surface area contributed by atoms with Gasteiger partial charge in [0.1, 0.15) is 5.75 Å². The number of hydrogen-bond acceptors (Lipinski definition) is 3. The summed E-state index contributed by atoms with van der Waals surface area (Å²) in [4.78, 5) is 13.8. The number of likely N-dealkylation sites (N-methyl/N-ethyl adjacent to an activating group) is 1. The van der Waals surface area contributed by atoms with Crippen molar-refractivity contribution < 1.29 is 9.53 Å². The summed E-state index contributed by atoms with van der Waals surface area (Å²) in [5.41, 5.74) is 1.03. The molecule has 0 spiro atoms. The highest BCUT2D eigenvalue weighted by atomic mass is 16.5. The van der Waals surface area contributed by atoms with E-state index in [4.69, 9.17) is 4.74 Å². The molecule has 3 nitrogen and oxygen atoms in total. The van der Waals surface area contributed by atoms with E-state index < -0.39 is 0 Å². The number of benzene rings is 1. The van der Waals surface area contributed by atoms with Gasteiger partial charge in [-0.3, -0.25) is 9.69 Å². The molecule has 0 aromatic heterocycles. The zero-order valence-corrected chi connectivity index (χ0v) is 9.06. The van der Waals surface area contributed by atoms with Crippen LogP contribution in [0, 0.1) is 0 Å². The summed E-state index contributed by atoms with van der Waals surface area (Å²) in [6, 6.07) is 7.65. The largest absolute Gasteiger partial charge is 0.497 e. The van der Waals surface area contributed by atoms with Gasteiger partial charge in [0.2, 0.25) is 0 Å². The summed E-state index contributed by atoms with van der Waals surface area (Å²) in [5, 5.41) is 0. The van der Waals surface area contributed by atoms with Gasteiger partial charge in [-0.25, -0.2) is 0 Å². The first kappa shape index (κ1) is 10.2. The molecule has 0 aliphatic carbocycles. The van der Waals surface area contributed by atoms with Gasteiger partial charge in [0, 0.05) is 13.0 Å². The second-order valence-electron chi connectivity index (χ2n) is 3.88. The van der Waals surface area contributed by atoms with E-state index in [1.165, 1.54) is 0 Å². The predicted molar refractivity (Wildman–Crippen MR) is 58.0 cm³/mol. The van der Waals surface area contributed by atoms with Crippen LogP contribution in [0.5, 0.6) is 5.75 Å². The quantitative estimate of drug-likeness (QED) is 0.735. The van der Waals surface area contributed by atoms with Crippen LogP contribution < -0.4 is 4.74 Å². The Bertz CT molecular complexity index is 376. The van der Waals surface area contributed by atoms with Gasteiger partial charge in [-0.05, 0) is 24.7 Å². The molecule has 0 amide bonds. The monoisotopic (exact) mass is 205 g/mol. The Morgan fingerprint density at radius 3 is 2.87 bits per heavy atom. The normalized spacial score (nSPS) is 22.0. The van der Waals surface area contributed by atoms with Gasteiger partial charge in [0.15, 0.2) is 5.78 Å². The molecule has 1 saturated heterocycles. The number of hydrogen-bond donors (Lipinski definition) is 0. The number of rotatable bonds is 2. The molecule has 1 aliphatic heterocycles. The lowest BCUT2D eigenvalue weighted by Crippen LogP contribution is -2.20. The zero-order valence-electron chi connectivity index (χ0n) is 9.06. The van der Waals surface area contributed by atoms with E-state index in [2.05, 4.69) is 4.90 Å². The van der Waals surface area contributed by atoms with Gasteiger partial charge >= 0.3 is 0 Å². The Labute approximate surface area is 89.7 Å². The van der Waals surface area contributed by atoms with Gasteiger partial charge in [0.25, 0.3) is 0 Å². The smallest absolute Gasteiger partial charge is 0.155 e. The molecular weight excluding hydrogens is 190 g/mol. The van der Waals surface area contributed by atoms with Gasteiger partial charge in [-0.2, -0.15) is 0 Å². The fraction of sp³-hybridized carbons (Fsp3) is 0.417. The molecule has 0 saturated carbocycles. The maximum atomic E-state index is 11.7. The first-order valence-corrected chi connectivity index (χ1v) is 5.09. The van der Waals surface area contributed by atoms with Crippen molar-refractivity contribution in [3.63, 3.8) is 0 Å². The Morgan fingerprint density at radius 2 is 2.27 bits per heavy atom. The fourth-order valence-corrected chi connectivity index (χ4v) is 2.05.